The SMILES string of the molecule is NC1=CCSC1. The Labute approximate surface area is 41.6 Å². The lowest BCUT2D eigenvalue weighted by molar-refractivity contribution is 1.34. The van der Waals surface area contributed by atoms with Crippen LogP contribution < -0.4 is 5.73 Å². The van der Waals surface area contributed by atoms with Crippen molar-refractivity contribution in [3.05, 3.63) is 11.8 Å². The van der Waals surface area contributed by atoms with Gasteiger partial charge in [0.2, 0.25) is 0 Å². The summed E-state index contributed by atoms with van der Waals surface area (Å²) in [4.78, 5) is 0. The van der Waals surface area contributed by atoms with Crippen molar-refractivity contribution in [1.82, 2.24) is 0 Å². The minimum absolute atomic E-state index is 1.04. The Morgan fingerprint density at radius 3 is 2.83 bits per heavy atom. The average Bonchev–Trinajstić information content (AvgIpc) is 1.86. The number of hydrogen-bond acceptors (Lipinski definition) is 2. The predicted molar refractivity (Wildman–Crippen MR) is 29.6 cm³/mol. The third-order valence-corrected chi connectivity index (χ3v) is 1.67. The van der Waals surface area contributed by atoms with Crippen molar-refractivity contribution in [1.29, 1.82) is 0 Å². The molecule has 1 heterocycles. The summed E-state index contributed by atoms with van der Waals surface area (Å²) < 4.78 is 0. The van der Waals surface area contributed by atoms with Crippen LogP contribution in [0, 0.1) is 0 Å². The molecule has 6 heavy (non-hydrogen) atoms. The fourth-order valence-electron chi connectivity index (χ4n) is 0.402. The Hall–Kier alpha value is -0.110. The van der Waals surface area contributed by atoms with Crippen molar-refractivity contribution in [2.75, 3.05) is 11.5 Å². The molecule has 34 valence electrons. The van der Waals surface area contributed by atoms with Crippen LogP contribution in [-0.2, 0) is 0 Å². The van der Waals surface area contributed by atoms with E-state index in [4.69, 9.17) is 5.73 Å². The second-order valence-electron chi connectivity index (χ2n) is 1.29. The van der Waals surface area contributed by atoms with E-state index < -0.39 is 0 Å². The van der Waals surface area contributed by atoms with Gasteiger partial charge < -0.3 is 5.73 Å². The molecule has 0 atom stereocenters. The first kappa shape index (κ1) is 4.06. The Kier molecular flexibility index (Phi) is 1.05. The van der Waals surface area contributed by atoms with Crippen LogP contribution in [0.3, 0.4) is 0 Å². The maximum Gasteiger partial charge on any atom is 0.0330 e. The van der Waals surface area contributed by atoms with Gasteiger partial charge in [-0.1, -0.05) is 6.08 Å². The number of hydrogen-bond donors (Lipinski definition) is 1. The molecule has 0 fully saturated rings. The fourth-order valence-corrected chi connectivity index (χ4v) is 1.20. The molecule has 0 aromatic rings. The van der Waals surface area contributed by atoms with Crippen LogP contribution in [0.15, 0.2) is 11.8 Å². The van der Waals surface area contributed by atoms with Crippen LogP contribution in [0.2, 0.25) is 0 Å². The first-order valence-electron chi connectivity index (χ1n) is 1.92. The van der Waals surface area contributed by atoms with Crippen molar-refractivity contribution in [3.63, 3.8) is 0 Å². The topological polar surface area (TPSA) is 26.0 Å². The minimum Gasteiger partial charge on any atom is -0.402 e. The van der Waals surface area contributed by atoms with E-state index in [1.165, 1.54) is 0 Å². The van der Waals surface area contributed by atoms with Crippen molar-refractivity contribution in [2.45, 2.75) is 0 Å². The van der Waals surface area contributed by atoms with Crippen LogP contribution in [0.5, 0.6) is 0 Å². The summed E-state index contributed by atoms with van der Waals surface area (Å²) in [7, 11) is 0. The van der Waals surface area contributed by atoms with Crippen molar-refractivity contribution in [3.8, 4) is 0 Å². The summed E-state index contributed by atoms with van der Waals surface area (Å²) >= 11 is 1.86. The normalized spacial score (nSPS) is 21.0. The molecule has 0 radical (unpaired) electrons. The third kappa shape index (κ3) is 0.684. The monoisotopic (exact) mass is 101 g/mol. The van der Waals surface area contributed by atoms with Crippen molar-refractivity contribution >= 4 is 11.8 Å². The zero-order chi connectivity index (χ0) is 4.41. The lowest BCUT2D eigenvalue weighted by Gasteiger charge is -1.81. The van der Waals surface area contributed by atoms with E-state index in [0.717, 1.165) is 17.2 Å². The van der Waals surface area contributed by atoms with Gasteiger partial charge in [-0.25, -0.2) is 0 Å². The molecule has 0 aliphatic carbocycles. The van der Waals surface area contributed by atoms with Gasteiger partial charge in [0.25, 0.3) is 0 Å². The largest absolute Gasteiger partial charge is 0.402 e. The molecular weight excluding hydrogens is 94.1 g/mol. The highest BCUT2D eigenvalue weighted by molar-refractivity contribution is 7.99. The minimum atomic E-state index is 1.04. The molecular formula is C4H7NS. The van der Waals surface area contributed by atoms with Gasteiger partial charge in [0.1, 0.15) is 0 Å². The Morgan fingerprint density at radius 2 is 2.67 bits per heavy atom. The zero-order valence-corrected chi connectivity index (χ0v) is 4.29. The molecule has 0 aromatic carbocycles. The van der Waals surface area contributed by atoms with Crippen LogP contribution in [0.4, 0.5) is 0 Å². The summed E-state index contributed by atoms with van der Waals surface area (Å²) in [5.74, 6) is 2.16. The van der Waals surface area contributed by atoms with Crippen LogP contribution >= 0.6 is 11.8 Å². The van der Waals surface area contributed by atoms with Gasteiger partial charge in [-0.2, -0.15) is 11.8 Å². The lowest BCUT2D eigenvalue weighted by atomic mass is 10.5. The van der Waals surface area contributed by atoms with E-state index in [0.29, 0.717) is 0 Å². The van der Waals surface area contributed by atoms with E-state index in [-0.39, 0.29) is 0 Å². The molecule has 1 rings (SSSR count). The van der Waals surface area contributed by atoms with Crippen LogP contribution in [-0.4, -0.2) is 11.5 Å². The quantitative estimate of drug-likeness (QED) is 0.483. The van der Waals surface area contributed by atoms with Crippen molar-refractivity contribution < 1.29 is 0 Å². The molecule has 0 saturated heterocycles. The smallest absolute Gasteiger partial charge is 0.0330 e. The Bertz CT molecular complexity index is 77.6. The van der Waals surface area contributed by atoms with Gasteiger partial charge >= 0.3 is 0 Å². The summed E-state index contributed by atoms with van der Waals surface area (Å²) in [6.45, 7) is 0. The standard InChI is InChI=1S/C4H7NS/c5-4-1-2-6-3-4/h1H,2-3,5H2. The number of rotatable bonds is 0. The first-order valence-corrected chi connectivity index (χ1v) is 3.07. The third-order valence-electron chi connectivity index (χ3n) is 0.732. The van der Waals surface area contributed by atoms with E-state index in [1.807, 2.05) is 11.8 Å². The number of thioether (sulfide) groups is 1. The summed E-state index contributed by atoms with van der Waals surface area (Å²) in [6.07, 6.45) is 2.06. The second-order valence-corrected chi connectivity index (χ2v) is 2.32. The average molecular weight is 101 g/mol. The van der Waals surface area contributed by atoms with Crippen molar-refractivity contribution in [2.24, 2.45) is 5.73 Å². The van der Waals surface area contributed by atoms with E-state index >= 15 is 0 Å². The van der Waals surface area contributed by atoms with E-state index in [1.54, 1.807) is 0 Å². The lowest BCUT2D eigenvalue weighted by Crippen LogP contribution is -1.93. The molecule has 0 spiro atoms. The maximum atomic E-state index is 5.38. The molecule has 0 bridgehead atoms. The summed E-state index contributed by atoms with van der Waals surface area (Å²) in [5, 5.41) is 0. The molecule has 0 saturated carbocycles. The molecule has 0 unspecified atom stereocenters. The molecule has 2 heteroatoms. The molecule has 0 amide bonds. The van der Waals surface area contributed by atoms with E-state index in [9.17, 15) is 0 Å². The van der Waals surface area contributed by atoms with Crippen LogP contribution in [0.1, 0.15) is 0 Å². The zero-order valence-electron chi connectivity index (χ0n) is 3.48. The van der Waals surface area contributed by atoms with Gasteiger partial charge in [-0.05, 0) is 0 Å². The van der Waals surface area contributed by atoms with Gasteiger partial charge in [-0.15, -0.1) is 0 Å². The van der Waals surface area contributed by atoms with Gasteiger partial charge in [-0.3, -0.25) is 0 Å². The highest BCUT2D eigenvalue weighted by Crippen LogP contribution is 2.11. The van der Waals surface area contributed by atoms with Gasteiger partial charge in [0, 0.05) is 17.2 Å². The van der Waals surface area contributed by atoms with Gasteiger partial charge in [0.05, 0.1) is 0 Å². The fraction of sp³-hybridized carbons (Fsp3) is 0.500. The summed E-state index contributed by atoms with van der Waals surface area (Å²) in [6, 6.07) is 0. The number of nitrogens with two attached hydrogens (primary N) is 1. The maximum absolute atomic E-state index is 5.38. The molecule has 1 aliphatic rings. The molecule has 1 nitrogen and oxygen atoms in total. The van der Waals surface area contributed by atoms with Gasteiger partial charge in [0.15, 0.2) is 0 Å². The van der Waals surface area contributed by atoms with Crippen LogP contribution in [0.25, 0.3) is 0 Å². The molecule has 0 aromatic heterocycles. The first-order chi connectivity index (χ1) is 2.89. The van der Waals surface area contributed by atoms with E-state index in [2.05, 4.69) is 6.08 Å². The highest BCUT2D eigenvalue weighted by atomic mass is 32.2. The highest BCUT2D eigenvalue weighted by Gasteiger charge is 1.96. The Morgan fingerprint density at radius 1 is 1.83 bits per heavy atom. The Balaban J connectivity index is 2.45. The summed E-state index contributed by atoms with van der Waals surface area (Å²) in [5.41, 5.74) is 6.42. The second kappa shape index (κ2) is 1.56. The molecule has 2 N–H and O–H groups in total. The molecule has 1 aliphatic heterocycles. The predicted octanol–water partition coefficient (Wildman–Crippen LogP) is 0.576.